The Balaban J connectivity index is 1.64. The predicted octanol–water partition coefficient (Wildman–Crippen LogP) is 3.07. The molecule has 0 unspecified atom stereocenters. The van der Waals surface area contributed by atoms with Gasteiger partial charge >= 0.3 is 0 Å². The Morgan fingerprint density at radius 1 is 1.00 bits per heavy atom. The van der Waals surface area contributed by atoms with E-state index in [1.54, 1.807) is 50.6 Å². The topological polar surface area (TPSA) is 94.2 Å². The summed E-state index contributed by atoms with van der Waals surface area (Å²) >= 11 is 0.784. The van der Waals surface area contributed by atoms with Gasteiger partial charge < -0.3 is 19.5 Å². The predicted molar refractivity (Wildman–Crippen MR) is 117 cm³/mol. The van der Waals surface area contributed by atoms with Crippen molar-refractivity contribution in [2.75, 3.05) is 27.9 Å². The number of nitrogens with one attached hydrogen (secondary N) is 1. The molecule has 1 N–H and O–H groups in total. The third-order valence-electron chi connectivity index (χ3n) is 4.55. The monoisotopic (exact) mass is 442 g/mol. The molecule has 31 heavy (non-hydrogen) atoms. The minimum absolute atomic E-state index is 0.219. The van der Waals surface area contributed by atoms with Gasteiger partial charge in [0.1, 0.15) is 23.8 Å². The minimum Gasteiger partial charge on any atom is -0.497 e. The Morgan fingerprint density at radius 2 is 1.68 bits per heavy atom. The highest BCUT2D eigenvalue weighted by atomic mass is 32.2. The summed E-state index contributed by atoms with van der Waals surface area (Å²) in [6.45, 7) is -0.0736. The number of ether oxygens (including phenoxy) is 3. The molecule has 2 aromatic carbocycles. The van der Waals surface area contributed by atoms with Gasteiger partial charge in [0.25, 0.3) is 11.1 Å². The number of methoxy groups -OCH3 is 3. The zero-order valence-corrected chi connectivity index (χ0v) is 18.2. The standard InChI is InChI=1S/C22H22N2O6S/c1-28-16-7-4-14(5-8-16)12-23-20(25)13-24-21(26)19(31-22(24)27)10-15-6-9-17(29-2)11-18(15)30-3/h4-11H,12-13H2,1-3H3,(H,23,25)/b19-10-. The van der Waals surface area contributed by atoms with Crippen LogP contribution in [0.3, 0.4) is 0 Å². The fraction of sp³-hybridized carbons (Fsp3) is 0.227. The van der Waals surface area contributed by atoms with E-state index in [0.29, 0.717) is 22.8 Å². The first kappa shape index (κ1) is 22.2. The molecular weight excluding hydrogens is 420 g/mol. The summed E-state index contributed by atoms with van der Waals surface area (Å²) in [7, 11) is 4.62. The van der Waals surface area contributed by atoms with Crippen LogP contribution in [0.1, 0.15) is 11.1 Å². The molecule has 3 rings (SSSR count). The number of carbonyl (C=O) groups is 3. The average Bonchev–Trinajstić information content (AvgIpc) is 3.05. The Bertz CT molecular complexity index is 1020. The molecule has 0 radical (unpaired) electrons. The van der Waals surface area contributed by atoms with Gasteiger partial charge in [-0.05, 0) is 47.7 Å². The number of carbonyl (C=O) groups excluding carboxylic acids is 3. The zero-order valence-electron chi connectivity index (χ0n) is 17.3. The first-order valence-corrected chi connectivity index (χ1v) is 10.1. The molecule has 0 spiro atoms. The Morgan fingerprint density at radius 3 is 2.32 bits per heavy atom. The highest BCUT2D eigenvalue weighted by Crippen LogP contribution is 2.34. The number of thioether (sulfide) groups is 1. The molecule has 8 nitrogen and oxygen atoms in total. The van der Waals surface area contributed by atoms with Crippen molar-refractivity contribution < 1.29 is 28.6 Å². The van der Waals surface area contributed by atoms with E-state index >= 15 is 0 Å². The molecule has 0 atom stereocenters. The smallest absolute Gasteiger partial charge is 0.294 e. The van der Waals surface area contributed by atoms with Crippen LogP contribution < -0.4 is 19.5 Å². The van der Waals surface area contributed by atoms with Crippen molar-refractivity contribution in [2.24, 2.45) is 0 Å². The summed E-state index contributed by atoms with van der Waals surface area (Å²) in [4.78, 5) is 38.4. The van der Waals surface area contributed by atoms with E-state index in [4.69, 9.17) is 14.2 Å². The summed E-state index contributed by atoms with van der Waals surface area (Å²) in [6, 6.07) is 12.4. The van der Waals surface area contributed by atoms with Gasteiger partial charge in [-0.3, -0.25) is 19.3 Å². The fourth-order valence-electron chi connectivity index (χ4n) is 2.86. The largest absolute Gasteiger partial charge is 0.497 e. The van der Waals surface area contributed by atoms with Crippen molar-refractivity contribution >= 4 is 34.9 Å². The van der Waals surface area contributed by atoms with Gasteiger partial charge in [-0.15, -0.1) is 0 Å². The molecule has 1 saturated heterocycles. The third kappa shape index (κ3) is 5.37. The molecule has 0 bridgehead atoms. The molecule has 9 heteroatoms. The van der Waals surface area contributed by atoms with E-state index in [0.717, 1.165) is 22.2 Å². The maximum absolute atomic E-state index is 12.7. The lowest BCUT2D eigenvalue weighted by atomic mass is 10.1. The van der Waals surface area contributed by atoms with Crippen LogP contribution in [0.2, 0.25) is 0 Å². The van der Waals surface area contributed by atoms with E-state index in [1.165, 1.54) is 7.11 Å². The quantitative estimate of drug-likeness (QED) is 0.628. The highest BCUT2D eigenvalue weighted by molar-refractivity contribution is 8.18. The van der Waals surface area contributed by atoms with Crippen molar-refractivity contribution in [3.8, 4) is 17.2 Å². The third-order valence-corrected chi connectivity index (χ3v) is 5.46. The van der Waals surface area contributed by atoms with Gasteiger partial charge in [0, 0.05) is 18.2 Å². The molecule has 1 aliphatic rings. The van der Waals surface area contributed by atoms with Gasteiger partial charge in [-0.1, -0.05) is 12.1 Å². The van der Waals surface area contributed by atoms with Crippen LogP contribution in [-0.4, -0.2) is 49.8 Å². The average molecular weight is 442 g/mol. The number of rotatable bonds is 8. The van der Waals surface area contributed by atoms with Crippen molar-refractivity contribution in [3.05, 3.63) is 58.5 Å². The Labute approximate surface area is 184 Å². The van der Waals surface area contributed by atoms with Crippen molar-refractivity contribution in [1.29, 1.82) is 0 Å². The molecule has 2 aromatic rings. The van der Waals surface area contributed by atoms with Crippen LogP contribution in [0, 0.1) is 0 Å². The SMILES string of the molecule is COc1ccc(CNC(=O)CN2C(=O)S/C(=C\c3ccc(OC)cc3OC)C2=O)cc1. The summed E-state index contributed by atoms with van der Waals surface area (Å²) in [5.41, 5.74) is 1.49. The second-order valence-electron chi connectivity index (χ2n) is 6.50. The molecule has 3 amide bonds. The second-order valence-corrected chi connectivity index (χ2v) is 7.49. The molecule has 162 valence electrons. The lowest BCUT2D eigenvalue weighted by Crippen LogP contribution is -2.39. The van der Waals surface area contributed by atoms with Gasteiger partial charge in [0.05, 0.1) is 26.2 Å². The lowest BCUT2D eigenvalue weighted by Gasteiger charge is -2.12. The maximum Gasteiger partial charge on any atom is 0.294 e. The summed E-state index contributed by atoms with van der Waals surface area (Å²) < 4.78 is 15.6. The number of imide groups is 1. The Hall–Kier alpha value is -3.46. The maximum atomic E-state index is 12.7. The molecule has 0 saturated carbocycles. The number of amides is 3. The molecule has 0 aliphatic carbocycles. The van der Waals surface area contributed by atoms with Crippen molar-refractivity contribution in [2.45, 2.75) is 6.54 Å². The molecule has 1 heterocycles. The number of benzene rings is 2. The number of hydrogen-bond donors (Lipinski definition) is 1. The van der Waals surface area contributed by atoms with Crippen LogP contribution >= 0.6 is 11.8 Å². The summed E-state index contributed by atoms with van der Waals surface area (Å²) in [5, 5.41) is 2.21. The number of hydrogen-bond acceptors (Lipinski definition) is 7. The van der Waals surface area contributed by atoms with E-state index < -0.39 is 17.1 Å². The minimum atomic E-state index is -0.521. The first-order chi connectivity index (χ1) is 14.9. The lowest BCUT2D eigenvalue weighted by molar-refractivity contribution is -0.129. The van der Waals surface area contributed by atoms with Crippen LogP contribution in [0.15, 0.2) is 47.4 Å². The summed E-state index contributed by atoms with van der Waals surface area (Å²) in [6.07, 6.45) is 1.57. The van der Waals surface area contributed by atoms with Crippen LogP contribution in [-0.2, 0) is 16.1 Å². The molecule has 0 aromatic heterocycles. The van der Waals surface area contributed by atoms with E-state index in [-0.39, 0.29) is 18.0 Å². The first-order valence-electron chi connectivity index (χ1n) is 9.32. The van der Waals surface area contributed by atoms with Crippen molar-refractivity contribution in [3.63, 3.8) is 0 Å². The summed E-state index contributed by atoms with van der Waals surface area (Å²) in [5.74, 6) is 0.876. The van der Waals surface area contributed by atoms with Crippen LogP contribution in [0.4, 0.5) is 4.79 Å². The van der Waals surface area contributed by atoms with Crippen LogP contribution in [0.25, 0.3) is 6.08 Å². The molecule has 1 fully saturated rings. The zero-order chi connectivity index (χ0) is 22.4. The van der Waals surface area contributed by atoms with Gasteiger partial charge in [0.2, 0.25) is 5.91 Å². The molecular formula is C22H22N2O6S. The van der Waals surface area contributed by atoms with E-state index in [2.05, 4.69) is 5.32 Å². The van der Waals surface area contributed by atoms with Gasteiger partial charge in [-0.2, -0.15) is 0 Å². The Kier molecular flexibility index (Phi) is 7.19. The highest BCUT2D eigenvalue weighted by Gasteiger charge is 2.36. The van der Waals surface area contributed by atoms with Gasteiger partial charge in [0.15, 0.2) is 0 Å². The van der Waals surface area contributed by atoms with E-state index in [1.807, 2.05) is 12.1 Å². The fourth-order valence-corrected chi connectivity index (χ4v) is 3.69. The molecule has 1 aliphatic heterocycles. The van der Waals surface area contributed by atoms with E-state index in [9.17, 15) is 14.4 Å². The normalized spacial score (nSPS) is 14.7. The van der Waals surface area contributed by atoms with Crippen LogP contribution in [0.5, 0.6) is 17.2 Å². The van der Waals surface area contributed by atoms with Crippen molar-refractivity contribution in [1.82, 2.24) is 10.2 Å². The number of nitrogens with zero attached hydrogens (tertiary/aromatic N) is 1. The second kappa shape index (κ2) is 10.0. The van der Waals surface area contributed by atoms with Gasteiger partial charge in [-0.25, -0.2) is 0 Å².